The van der Waals surface area contributed by atoms with Gasteiger partial charge in [0, 0.05) is 19.5 Å². The number of nitrogens with zero attached hydrogens (tertiary/aromatic N) is 2. The fourth-order valence-electron chi connectivity index (χ4n) is 1.00. The zero-order chi connectivity index (χ0) is 11.3. The molecular weight excluding hydrogens is 238 g/mol. The van der Waals surface area contributed by atoms with Gasteiger partial charge in [0.1, 0.15) is 0 Å². The van der Waals surface area contributed by atoms with Crippen molar-refractivity contribution in [1.29, 1.82) is 0 Å². The zero-order valence-electron chi connectivity index (χ0n) is 8.22. The smallest absolute Gasteiger partial charge is 0.256 e. The van der Waals surface area contributed by atoms with Crippen LogP contribution in [0.5, 0.6) is 0 Å². The van der Waals surface area contributed by atoms with Crippen LogP contribution in [0.2, 0.25) is 0 Å². The maximum absolute atomic E-state index is 11.6. The summed E-state index contributed by atoms with van der Waals surface area (Å²) in [5.41, 5.74) is 0. The number of rotatable bonds is 5. The molecule has 0 fully saturated rings. The van der Waals surface area contributed by atoms with Crippen LogP contribution in [-0.4, -0.2) is 30.6 Å². The highest BCUT2D eigenvalue weighted by Crippen LogP contribution is 2.04. The number of hydrogen-bond donors (Lipinski definition) is 1. The molecule has 5 nitrogen and oxygen atoms in total. The average molecular weight is 250 g/mol. The summed E-state index contributed by atoms with van der Waals surface area (Å²) in [6.45, 7) is 0.222. The minimum Gasteiger partial charge on any atom is -0.256 e. The molecule has 0 aliphatic rings. The van der Waals surface area contributed by atoms with Crippen LogP contribution in [0.4, 0.5) is 0 Å². The Morgan fingerprint density at radius 3 is 2.87 bits per heavy atom. The Labute approximate surface area is 93.8 Å². The molecule has 1 heterocycles. The van der Waals surface area contributed by atoms with Crippen molar-refractivity contribution in [2.75, 3.05) is 12.4 Å². The summed E-state index contributed by atoms with van der Waals surface area (Å²) < 4.78 is 27.0. The second kappa shape index (κ2) is 5.29. The van der Waals surface area contributed by atoms with E-state index in [1.54, 1.807) is 19.2 Å². The molecule has 1 aromatic rings. The summed E-state index contributed by atoms with van der Waals surface area (Å²) in [6.07, 6.45) is 4.76. The predicted octanol–water partition coefficient (Wildman–Crippen LogP) is 0.493. The highest BCUT2D eigenvalue weighted by molar-refractivity contribution is 7.89. The number of halogens is 1. The Morgan fingerprint density at radius 1 is 1.60 bits per heavy atom. The first-order chi connectivity index (χ1) is 7.08. The summed E-state index contributed by atoms with van der Waals surface area (Å²) >= 11 is 5.40. The third-order valence-electron chi connectivity index (χ3n) is 1.70. The van der Waals surface area contributed by atoms with E-state index in [9.17, 15) is 8.42 Å². The lowest BCUT2D eigenvalue weighted by atomic mass is 10.5. The first-order valence-electron chi connectivity index (χ1n) is 4.26. The van der Waals surface area contributed by atoms with Crippen molar-refractivity contribution in [1.82, 2.24) is 14.5 Å². The molecule has 15 heavy (non-hydrogen) atoms. The first-order valence-corrected chi connectivity index (χ1v) is 6.28. The zero-order valence-corrected chi connectivity index (χ0v) is 9.79. The van der Waals surface area contributed by atoms with Crippen LogP contribution < -0.4 is 4.72 Å². The fraction of sp³-hybridized carbons (Fsp3) is 0.375. The Bertz CT molecular complexity index is 438. The highest BCUT2D eigenvalue weighted by Gasteiger charge is 2.16. The van der Waals surface area contributed by atoms with Gasteiger partial charge in [-0.15, -0.1) is 11.6 Å². The standard InChI is InChI=1S/C8H12ClN3O2S/c1-12-8(4-7-10-12)15(13,14)11-6-3-2-5-9/h2-4,7,11H,5-6H2,1H3/b3-2+. The van der Waals surface area contributed by atoms with Crippen molar-refractivity contribution in [3.63, 3.8) is 0 Å². The normalized spacial score (nSPS) is 12.4. The van der Waals surface area contributed by atoms with Gasteiger partial charge in [0.15, 0.2) is 5.03 Å². The summed E-state index contributed by atoms with van der Waals surface area (Å²) in [5, 5.41) is 3.93. The van der Waals surface area contributed by atoms with Crippen LogP contribution in [0.25, 0.3) is 0 Å². The molecule has 1 aromatic heterocycles. The molecule has 0 aliphatic carbocycles. The van der Waals surface area contributed by atoms with Gasteiger partial charge in [0.05, 0.1) is 6.20 Å². The van der Waals surface area contributed by atoms with Gasteiger partial charge in [-0.1, -0.05) is 12.2 Å². The molecule has 1 rings (SSSR count). The molecule has 1 N–H and O–H groups in total. The minimum atomic E-state index is -3.47. The van der Waals surface area contributed by atoms with Gasteiger partial charge < -0.3 is 0 Å². The minimum absolute atomic E-state index is 0.141. The van der Waals surface area contributed by atoms with E-state index >= 15 is 0 Å². The Morgan fingerprint density at radius 2 is 2.33 bits per heavy atom. The number of hydrogen-bond acceptors (Lipinski definition) is 3. The number of aromatic nitrogens is 2. The second-order valence-corrected chi connectivity index (χ2v) is 4.79. The number of allylic oxidation sites excluding steroid dienone is 1. The topological polar surface area (TPSA) is 64.0 Å². The van der Waals surface area contributed by atoms with Gasteiger partial charge in [-0.3, -0.25) is 4.68 Å². The monoisotopic (exact) mass is 249 g/mol. The van der Waals surface area contributed by atoms with Crippen molar-refractivity contribution < 1.29 is 8.42 Å². The van der Waals surface area contributed by atoms with Crippen molar-refractivity contribution in [2.45, 2.75) is 5.03 Å². The fourth-order valence-corrected chi connectivity index (χ4v) is 2.23. The lowest BCUT2D eigenvalue weighted by Gasteiger charge is -2.03. The van der Waals surface area contributed by atoms with Crippen LogP contribution in [0.1, 0.15) is 0 Å². The molecule has 0 saturated heterocycles. The van der Waals surface area contributed by atoms with Crippen molar-refractivity contribution in [2.24, 2.45) is 7.05 Å². The summed E-state index contributed by atoms with van der Waals surface area (Å²) in [5.74, 6) is 0.368. The maximum atomic E-state index is 11.6. The summed E-state index contributed by atoms with van der Waals surface area (Å²) in [4.78, 5) is 0. The maximum Gasteiger partial charge on any atom is 0.257 e. The molecule has 0 spiro atoms. The number of aryl methyl sites for hydroxylation is 1. The van der Waals surface area contributed by atoms with Gasteiger partial charge >= 0.3 is 0 Å². The van der Waals surface area contributed by atoms with Crippen LogP contribution in [-0.2, 0) is 17.1 Å². The lowest BCUT2D eigenvalue weighted by Crippen LogP contribution is -2.25. The summed E-state index contributed by atoms with van der Waals surface area (Å²) in [6, 6.07) is 1.44. The Hall–Kier alpha value is -0.850. The van der Waals surface area contributed by atoms with Gasteiger partial charge in [0.2, 0.25) is 0 Å². The molecule has 0 saturated carbocycles. The van der Waals surface area contributed by atoms with Gasteiger partial charge in [-0.2, -0.15) is 5.10 Å². The molecule has 0 aliphatic heterocycles. The third-order valence-corrected chi connectivity index (χ3v) is 3.37. The van der Waals surface area contributed by atoms with Crippen molar-refractivity contribution >= 4 is 21.6 Å². The van der Waals surface area contributed by atoms with E-state index < -0.39 is 10.0 Å². The van der Waals surface area contributed by atoms with Gasteiger partial charge in [0.25, 0.3) is 10.0 Å². The SMILES string of the molecule is Cn1nccc1S(=O)(=O)NC/C=C/CCl. The van der Waals surface area contributed by atoms with Gasteiger partial charge in [-0.05, 0) is 6.07 Å². The van der Waals surface area contributed by atoms with Crippen LogP contribution >= 0.6 is 11.6 Å². The van der Waals surface area contributed by atoms with E-state index in [-0.39, 0.29) is 11.6 Å². The number of alkyl halides is 1. The Kier molecular flexibility index (Phi) is 4.31. The first kappa shape index (κ1) is 12.2. The number of sulfonamides is 1. The summed E-state index contributed by atoms with van der Waals surface area (Å²) in [7, 11) is -1.90. The lowest BCUT2D eigenvalue weighted by molar-refractivity contribution is 0.567. The molecular formula is C8H12ClN3O2S. The van der Waals surface area contributed by atoms with E-state index in [1.807, 2.05) is 0 Å². The molecule has 0 radical (unpaired) electrons. The van der Waals surface area contributed by atoms with Crippen LogP contribution in [0.15, 0.2) is 29.4 Å². The largest absolute Gasteiger partial charge is 0.257 e. The molecule has 0 atom stereocenters. The van der Waals surface area contributed by atoms with Gasteiger partial charge in [-0.25, -0.2) is 13.1 Å². The van der Waals surface area contributed by atoms with Crippen molar-refractivity contribution in [3.05, 3.63) is 24.4 Å². The van der Waals surface area contributed by atoms with E-state index in [4.69, 9.17) is 11.6 Å². The molecule has 0 unspecified atom stereocenters. The molecule has 0 amide bonds. The predicted molar refractivity (Wildman–Crippen MR) is 58.3 cm³/mol. The number of nitrogens with one attached hydrogen (secondary N) is 1. The van der Waals surface area contributed by atoms with E-state index in [0.717, 1.165) is 0 Å². The third kappa shape index (κ3) is 3.33. The van der Waals surface area contributed by atoms with E-state index in [2.05, 4.69) is 9.82 Å². The van der Waals surface area contributed by atoms with Crippen molar-refractivity contribution in [3.8, 4) is 0 Å². The molecule has 0 bridgehead atoms. The van der Waals surface area contributed by atoms with E-state index in [0.29, 0.717) is 5.88 Å². The highest BCUT2D eigenvalue weighted by atomic mass is 35.5. The van der Waals surface area contributed by atoms with E-state index in [1.165, 1.54) is 16.9 Å². The second-order valence-electron chi connectivity index (χ2n) is 2.77. The quantitative estimate of drug-likeness (QED) is 0.610. The molecule has 0 aromatic carbocycles. The Balaban J connectivity index is 2.69. The molecule has 7 heteroatoms. The average Bonchev–Trinajstić information content (AvgIpc) is 2.60. The van der Waals surface area contributed by atoms with Crippen LogP contribution in [0.3, 0.4) is 0 Å². The van der Waals surface area contributed by atoms with Crippen LogP contribution in [0, 0.1) is 0 Å². The molecule has 84 valence electrons.